The number of hydrogen-bond acceptors (Lipinski definition) is 3. The fourth-order valence-electron chi connectivity index (χ4n) is 4.19. The van der Waals surface area contributed by atoms with Gasteiger partial charge >= 0.3 is 0 Å². The van der Waals surface area contributed by atoms with Gasteiger partial charge in [0.25, 0.3) is 0 Å². The molecule has 0 aliphatic carbocycles. The second kappa shape index (κ2) is 9.34. The number of fused-ring (bicyclic) bond motifs is 1. The number of benzene rings is 2. The SMILES string of the molecule is CCCCCCC(C)(C)c1ccc2c(c1)OC(C)(C)C(OCc1ccccc1)C2=O. The lowest BCUT2D eigenvalue weighted by Crippen LogP contribution is -2.51. The number of carbonyl (C=O) groups is 1. The summed E-state index contributed by atoms with van der Waals surface area (Å²) in [6.45, 7) is 11.1. The molecule has 0 saturated heterocycles. The van der Waals surface area contributed by atoms with E-state index in [1.165, 1.54) is 31.2 Å². The van der Waals surface area contributed by atoms with Crippen LogP contribution in [0.25, 0.3) is 0 Å². The summed E-state index contributed by atoms with van der Waals surface area (Å²) in [5.41, 5.74) is 2.23. The van der Waals surface area contributed by atoms with Crippen molar-refractivity contribution in [2.75, 3.05) is 0 Å². The van der Waals surface area contributed by atoms with Crippen LogP contribution < -0.4 is 4.74 Å². The molecule has 1 aliphatic rings. The van der Waals surface area contributed by atoms with Crippen molar-refractivity contribution in [3.63, 3.8) is 0 Å². The molecule has 0 amide bonds. The minimum absolute atomic E-state index is 0.00415. The third kappa shape index (κ3) is 5.13. The normalized spacial score (nSPS) is 18.0. The van der Waals surface area contributed by atoms with Gasteiger partial charge in [0.2, 0.25) is 0 Å². The fraction of sp³-hybridized carbons (Fsp3) is 0.519. The molecule has 0 bridgehead atoms. The molecule has 2 aromatic carbocycles. The van der Waals surface area contributed by atoms with Gasteiger partial charge in [0, 0.05) is 0 Å². The highest BCUT2D eigenvalue weighted by Crippen LogP contribution is 2.39. The van der Waals surface area contributed by atoms with E-state index in [2.05, 4.69) is 32.9 Å². The van der Waals surface area contributed by atoms with Gasteiger partial charge in [-0.1, -0.05) is 82.9 Å². The van der Waals surface area contributed by atoms with Gasteiger partial charge in [-0.3, -0.25) is 4.79 Å². The Morgan fingerprint density at radius 3 is 2.47 bits per heavy atom. The topological polar surface area (TPSA) is 35.5 Å². The quantitative estimate of drug-likeness (QED) is 0.425. The summed E-state index contributed by atoms with van der Waals surface area (Å²) in [5.74, 6) is 0.688. The van der Waals surface area contributed by atoms with E-state index in [1.54, 1.807) is 0 Å². The summed E-state index contributed by atoms with van der Waals surface area (Å²) in [6, 6.07) is 16.0. The van der Waals surface area contributed by atoms with Crippen molar-refractivity contribution in [2.45, 2.75) is 90.4 Å². The Balaban J connectivity index is 1.76. The van der Waals surface area contributed by atoms with E-state index < -0.39 is 11.7 Å². The molecule has 0 radical (unpaired) electrons. The molecule has 2 aromatic rings. The van der Waals surface area contributed by atoms with Gasteiger partial charge in [-0.2, -0.15) is 0 Å². The summed E-state index contributed by atoms with van der Waals surface area (Å²) < 4.78 is 12.4. The largest absolute Gasteiger partial charge is 0.484 e. The van der Waals surface area contributed by atoms with Crippen molar-refractivity contribution < 1.29 is 14.3 Å². The van der Waals surface area contributed by atoms with E-state index in [9.17, 15) is 4.79 Å². The summed E-state index contributed by atoms with van der Waals surface area (Å²) in [4.78, 5) is 13.3. The maximum Gasteiger partial charge on any atom is 0.199 e. The van der Waals surface area contributed by atoms with E-state index in [4.69, 9.17) is 9.47 Å². The Morgan fingerprint density at radius 2 is 1.77 bits per heavy atom. The van der Waals surface area contributed by atoms with Crippen LogP contribution in [-0.4, -0.2) is 17.5 Å². The molecular weight excluding hydrogens is 372 g/mol. The van der Waals surface area contributed by atoms with Crippen molar-refractivity contribution >= 4 is 5.78 Å². The first-order valence-corrected chi connectivity index (χ1v) is 11.3. The Hall–Kier alpha value is -2.13. The molecule has 0 spiro atoms. The third-order valence-corrected chi connectivity index (χ3v) is 6.19. The molecule has 0 fully saturated rings. The van der Waals surface area contributed by atoms with Crippen molar-refractivity contribution in [3.05, 3.63) is 65.2 Å². The summed E-state index contributed by atoms with van der Waals surface area (Å²) in [6.07, 6.45) is 5.53. The van der Waals surface area contributed by atoms with Crippen molar-refractivity contribution in [1.29, 1.82) is 0 Å². The first kappa shape index (κ1) is 22.6. The molecule has 3 nitrogen and oxygen atoms in total. The predicted octanol–water partition coefficient (Wildman–Crippen LogP) is 6.87. The summed E-state index contributed by atoms with van der Waals surface area (Å²) in [7, 11) is 0. The molecule has 0 N–H and O–H groups in total. The highest BCUT2D eigenvalue weighted by molar-refractivity contribution is 6.03. The standard InChI is InChI=1S/C27H36O3/c1-6-7-8-12-17-26(2,3)21-15-16-22-23(18-21)30-27(4,5)25(24(22)28)29-19-20-13-10-9-11-14-20/h9-11,13-16,18,25H,6-8,12,17,19H2,1-5H3. The molecule has 3 rings (SSSR count). The van der Waals surface area contributed by atoms with Crippen LogP contribution >= 0.6 is 0 Å². The zero-order valence-corrected chi connectivity index (χ0v) is 19.2. The summed E-state index contributed by atoms with van der Waals surface area (Å²) >= 11 is 0. The van der Waals surface area contributed by atoms with Crippen LogP contribution in [0.15, 0.2) is 48.5 Å². The molecule has 0 aromatic heterocycles. The molecule has 1 atom stereocenters. The molecular formula is C27H36O3. The van der Waals surface area contributed by atoms with Crippen molar-refractivity contribution in [2.24, 2.45) is 0 Å². The zero-order valence-electron chi connectivity index (χ0n) is 19.2. The molecule has 3 heteroatoms. The van der Waals surface area contributed by atoms with Gasteiger partial charge in [-0.05, 0) is 48.9 Å². The van der Waals surface area contributed by atoms with Crippen molar-refractivity contribution in [3.8, 4) is 5.75 Å². The predicted molar refractivity (Wildman–Crippen MR) is 122 cm³/mol. The van der Waals surface area contributed by atoms with Gasteiger partial charge in [-0.25, -0.2) is 0 Å². The van der Waals surface area contributed by atoms with Crippen LogP contribution in [0.4, 0.5) is 0 Å². The highest BCUT2D eigenvalue weighted by atomic mass is 16.6. The molecule has 0 saturated carbocycles. The molecule has 162 valence electrons. The van der Waals surface area contributed by atoms with Gasteiger partial charge in [0.1, 0.15) is 11.4 Å². The lowest BCUT2D eigenvalue weighted by molar-refractivity contribution is -0.0686. The molecule has 30 heavy (non-hydrogen) atoms. The Bertz CT molecular complexity index is 852. The van der Waals surface area contributed by atoms with Gasteiger partial charge in [0.15, 0.2) is 11.9 Å². The first-order valence-electron chi connectivity index (χ1n) is 11.3. The van der Waals surface area contributed by atoms with Crippen LogP contribution in [0.5, 0.6) is 5.75 Å². The minimum Gasteiger partial charge on any atom is -0.484 e. The number of carbonyl (C=O) groups excluding carboxylic acids is 1. The zero-order chi connectivity index (χ0) is 21.8. The Kier molecular flexibility index (Phi) is 7.02. The average Bonchev–Trinajstić information content (AvgIpc) is 2.71. The Morgan fingerprint density at radius 1 is 1.03 bits per heavy atom. The molecule has 1 unspecified atom stereocenters. The van der Waals surface area contributed by atoms with E-state index in [0.29, 0.717) is 17.9 Å². The van der Waals surface area contributed by atoms with E-state index in [1.807, 2.05) is 50.2 Å². The maximum atomic E-state index is 13.3. The number of unbranched alkanes of at least 4 members (excludes halogenated alkanes) is 3. The van der Waals surface area contributed by atoms with Gasteiger partial charge in [0.05, 0.1) is 12.2 Å². The highest BCUT2D eigenvalue weighted by Gasteiger charge is 2.44. The van der Waals surface area contributed by atoms with Gasteiger partial charge < -0.3 is 9.47 Å². The first-order chi connectivity index (χ1) is 14.2. The van der Waals surface area contributed by atoms with E-state index in [0.717, 1.165) is 12.0 Å². The number of hydrogen-bond donors (Lipinski definition) is 0. The van der Waals surface area contributed by atoms with Crippen LogP contribution in [0, 0.1) is 0 Å². The van der Waals surface area contributed by atoms with E-state index >= 15 is 0 Å². The van der Waals surface area contributed by atoms with Crippen LogP contribution in [0.2, 0.25) is 0 Å². The van der Waals surface area contributed by atoms with Crippen LogP contribution in [0.3, 0.4) is 0 Å². The lowest BCUT2D eigenvalue weighted by atomic mass is 9.78. The van der Waals surface area contributed by atoms with Crippen molar-refractivity contribution in [1.82, 2.24) is 0 Å². The monoisotopic (exact) mass is 408 g/mol. The average molecular weight is 409 g/mol. The van der Waals surface area contributed by atoms with Crippen LogP contribution in [0.1, 0.15) is 88.2 Å². The third-order valence-electron chi connectivity index (χ3n) is 6.19. The smallest absolute Gasteiger partial charge is 0.199 e. The molecule has 1 aliphatic heterocycles. The number of Topliss-reactive ketones (excluding diaryl/α,β-unsaturated/α-hetero) is 1. The minimum atomic E-state index is -0.719. The van der Waals surface area contributed by atoms with Crippen LogP contribution in [-0.2, 0) is 16.8 Å². The summed E-state index contributed by atoms with van der Waals surface area (Å²) in [5, 5.41) is 0. The Labute approximate surface area is 181 Å². The second-order valence-corrected chi connectivity index (χ2v) is 9.65. The fourth-order valence-corrected chi connectivity index (χ4v) is 4.19. The second-order valence-electron chi connectivity index (χ2n) is 9.65. The molecule has 1 heterocycles. The van der Waals surface area contributed by atoms with E-state index in [-0.39, 0.29) is 11.2 Å². The number of ether oxygens (including phenoxy) is 2. The lowest BCUT2D eigenvalue weighted by Gasteiger charge is -2.39. The van der Waals surface area contributed by atoms with Gasteiger partial charge in [-0.15, -0.1) is 0 Å². The number of rotatable bonds is 9. The number of ketones is 1. The maximum absolute atomic E-state index is 13.3.